The Hall–Kier alpha value is -0.430. The van der Waals surface area contributed by atoms with Gasteiger partial charge in [0.1, 0.15) is 0 Å². The molecule has 0 aliphatic carbocycles. The molecule has 1 aromatic heterocycles. The fraction of sp³-hybridized carbons (Fsp3) is 0.700. The van der Waals surface area contributed by atoms with Gasteiger partial charge in [-0.1, -0.05) is 13.8 Å². The van der Waals surface area contributed by atoms with Crippen molar-refractivity contribution >= 4 is 15.9 Å². The highest BCUT2D eigenvalue weighted by atomic mass is 79.9. The van der Waals surface area contributed by atoms with E-state index in [1.807, 2.05) is 4.68 Å². The average molecular weight is 291 g/mol. The van der Waals surface area contributed by atoms with Crippen LogP contribution in [-0.2, 0) is 11.3 Å². The Kier molecular flexibility index (Phi) is 5.40. The molecule has 0 spiro atoms. The quantitative estimate of drug-likeness (QED) is 0.615. The smallest absolute Gasteiger partial charge is 0.0712 e. The summed E-state index contributed by atoms with van der Waals surface area (Å²) in [6.07, 6.45) is 1.79. The fourth-order valence-electron chi connectivity index (χ4n) is 1.62. The van der Waals surface area contributed by atoms with Crippen molar-refractivity contribution in [3.63, 3.8) is 0 Å². The second-order valence-corrected chi connectivity index (χ2v) is 4.84. The first-order valence-electron chi connectivity index (χ1n) is 5.28. The molecule has 0 amide bonds. The number of hydrogen-bond donors (Lipinski definition) is 2. The van der Waals surface area contributed by atoms with Crippen molar-refractivity contribution in [3.8, 4) is 0 Å². The van der Waals surface area contributed by atoms with Crippen LogP contribution in [0.15, 0.2) is 10.7 Å². The van der Waals surface area contributed by atoms with Gasteiger partial charge in [0.15, 0.2) is 0 Å². The van der Waals surface area contributed by atoms with E-state index < -0.39 is 0 Å². The zero-order chi connectivity index (χ0) is 12.1. The maximum Gasteiger partial charge on any atom is 0.0712 e. The SMILES string of the molecule is COCCn1ncc(Br)c1C(NN)C(C)C. The highest BCUT2D eigenvalue weighted by molar-refractivity contribution is 9.10. The Labute approximate surface area is 104 Å². The molecule has 0 aromatic carbocycles. The Morgan fingerprint density at radius 2 is 2.31 bits per heavy atom. The summed E-state index contributed by atoms with van der Waals surface area (Å²) in [5.41, 5.74) is 3.89. The summed E-state index contributed by atoms with van der Waals surface area (Å²) in [6.45, 7) is 5.59. The van der Waals surface area contributed by atoms with Gasteiger partial charge in [-0.25, -0.2) is 0 Å². The lowest BCUT2D eigenvalue weighted by molar-refractivity contribution is 0.180. The van der Waals surface area contributed by atoms with Crippen molar-refractivity contribution in [1.29, 1.82) is 0 Å². The minimum Gasteiger partial charge on any atom is -0.383 e. The Balaban J connectivity index is 2.94. The second kappa shape index (κ2) is 6.34. The molecule has 1 aromatic rings. The van der Waals surface area contributed by atoms with E-state index in [0.29, 0.717) is 12.5 Å². The maximum absolute atomic E-state index is 5.59. The third kappa shape index (κ3) is 3.04. The van der Waals surface area contributed by atoms with Crippen LogP contribution < -0.4 is 11.3 Å². The van der Waals surface area contributed by atoms with E-state index >= 15 is 0 Å². The number of hydrogen-bond acceptors (Lipinski definition) is 4. The van der Waals surface area contributed by atoms with Gasteiger partial charge in [0.2, 0.25) is 0 Å². The van der Waals surface area contributed by atoms with Gasteiger partial charge in [-0.05, 0) is 21.8 Å². The summed E-state index contributed by atoms with van der Waals surface area (Å²) < 4.78 is 7.94. The summed E-state index contributed by atoms with van der Waals surface area (Å²) in [5, 5.41) is 4.30. The molecule has 16 heavy (non-hydrogen) atoms. The lowest BCUT2D eigenvalue weighted by Gasteiger charge is -2.21. The van der Waals surface area contributed by atoms with E-state index in [-0.39, 0.29) is 6.04 Å². The zero-order valence-corrected chi connectivity index (χ0v) is 11.5. The number of rotatable bonds is 6. The van der Waals surface area contributed by atoms with Crippen molar-refractivity contribution in [1.82, 2.24) is 15.2 Å². The van der Waals surface area contributed by atoms with Gasteiger partial charge in [0.25, 0.3) is 0 Å². The number of nitrogens with zero attached hydrogens (tertiary/aromatic N) is 2. The van der Waals surface area contributed by atoms with E-state index in [0.717, 1.165) is 16.7 Å². The second-order valence-electron chi connectivity index (χ2n) is 3.98. The van der Waals surface area contributed by atoms with Crippen LogP contribution in [0.25, 0.3) is 0 Å². The van der Waals surface area contributed by atoms with Gasteiger partial charge in [-0.3, -0.25) is 16.0 Å². The third-order valence-corrected chi connectivity index (χ3v) is 3.09. The van der Waals surface area contributed by atoms with Gasteiger partial charge in [0.05, 0.1) is 35.6 Å². The van der Waals surface area contributed by atoms with Crippen LogP contribution in [-0.4, -0.2) is 23.5 Å². The highest BCUT2D eigenvalue weighted by Crippen LogP contribution is 2.27. The number of nitrogens with two attached hydrogens (primary N) is 1. The average Bonchev–Trinajstić information content (AvgIpc) is 2.59. The fourth-order valence-corrected chi connectivity index (χ4v) is 2.17. The monoisotopic (exact) mass is 290 g/mol. The first-order chi connectivity index (χ1) is 7.61. The normalized spacial score (nSPS) is 13.4. The van der Waals surface area contributed by atoms with Crippen molar-refractivity contribution in [2.24, 2.45) is 11.8 Å². The number of nitrogens with one attached hydrogen (secondary N) is 1. The van der Waals surface area contributed by atoms with E-state index in [1.165, 1.54) is 0 Å². The van der Waals surface area contributed by atoms with Crippen molar-refractivity contribution in [3.05, 3.63) is 16.4 Å². The van der Waals surface area contributed by atoms with Gasteiger partial charge < -0.3 is 4.74 Å². The molecule has 0 saturated carbocycles. The van der Waals surface area contributed by atoms with Gasteiger partial charge in [-0.2, -0.15) is 5.10 Å². The lowest BCUT2D eigenvalue weighted by atomic mass is 10.0. The molecule has 5 nitrogen and oxygen atoms in total. The van der Waals surface area contributed by atoms with Crippen LogP contribution in [0.3, 0.4) is 0 Å². The maximum atomic E-state index is 5.59. The zero-order valence-electron chi connectivity index (χ0n) is 9.90. The first kappa shape index (κ1) is 13.6. The largest absolute Gasteiger partial charge is 0.383 e. The van der Waals surface area contributed by atoms with E-state index in [4.69, 9.17) is 10.6 Å². The minimum absolute atomic E-state index is 0.0775. The van der Waals surface area contributed by atoms with Gasteiger partial charge in [-0.15, -0.1) is 0 Å². The molecule has 0 aliphatic rings. The molecular weight excluding hydrogens is 272 g/mol. The molecule has 0 radical (unpaired) electrons. The van der Waals surface area contributed by atoms with Crippen LogP contribution in [0.4, 0.5) is 0 Å². The van der Waals surface area contributed by atoms with E-state index in [1.54, 1.807) is 13.3 Å². The van der Waals surface area contributed by atoms with Crippen LogP contribution in [0.1, 0.15) is 25.6 Å². The molecule has 0 saturated heterocycles. The lowest BCUT2D eigenvalue weighted by Crippen LogP contribution is -2.33. The molecule has 1 unspecified atom stereocenters. The topological polar surface area (TPSA) is 65.1 Å². The summed E-state index contributed by atoms with van der Waals surface area (Å²) in [4.78, 5) is 0. The van der Waals surface area contributed by atoms with Crippen LogP contribution in [0, 0.1) is 5.92 Å². The molecule has 1 atom stereocenters. The third-order valence-electron chi connectivity index (χ3n) is 2.48. The van der Waals surface area contributed by atoms with Crippen molar-refractivity contribution in [2.45, 2.75) is 26.4 Å². The highest BCUT2D eigenvalue weighted by Gasteiger charge is 2.21. The van der Waals surface area contributed by atoms with Crippen molar-refractivity contribution < 1.29 is 4.74 Å². The number of ether oxygens (including phenoxy) is 1. The number of halogens is 1. The van der Waals surface area contributed by atoms with Crippen LogP contribution >= 0.6 is 15.9 Å². The first-order valence-corrected chi connectivity index (χ1v) is 6.07. The Morgan fingerprint density at radius 1 is 1.62 bits per heavy atom. The summed E-state index contributed by atoms with van der Waals surface area (Å²) >= 11 is 3.50. The van der Waals surface area contributed by atoms with Gasteiger partial charge in [0, 0.05) is 7.11 Å². The molecule has 0 fully saturated rings. The predicted molar refractivity (Wildman–Crippen MR) is 66.7 cm³/mol. The number of methoxy groups -OCH3 is 1. The summed E-state index contributed by atoms with van der Waals surface area (Å²) in [7, 11) is 1.68. The van der Waals surface area contributed by atoms with Crippen LogP contribution in [0.2, 0.25) is 0 Å². The standard InChI is InChI=1S/C10H19BrN4O/c1-7(2)9(14-12)10-8(11)6-13-15(10)4-5-16-3/h6-7,9,14H,4-5,12H2,1-3H3. The van der Waals surface area contributed by atoms with Crippen molar-refractivity contribution in [2.75, 3.05) is 13.7 Å². The minimum atomic E-state index is 0.0775. The van der Waals surface area contributed by atoms with Gasteiger partial charge >= 0.3 is 0 Å². The van der Waals surface area contributed by atoms with Crippen LogP contribution in [0.5, 0.6) is 0 Å². The molecular formula is C10H19BrN4O. The van der Waals surface area contributed by atoms with E-state index in [2.05, 4.69) is 40.3 Å². The molecule has 3 N–H and O–H groups in total. The molecule has 0 bridgehead atoms. The Bertz CT molecular complexity index is 327. The summed E-state index contributed by atoms with van der Waals surface area (Å²) in [6, 6.07) is 0.0775. The molecule has 6 heteroatoms. The molecule has 1 rings (SSSR count). The number of aromatic nitrogens is 2. The molecule has 0 aliphatic heterocycles. The summed E-state index contributed by atoms with van der Waals surface area (Å²) in [5.74, 6) is 5.98. The number of hydrazine groups is 1. The molecule has 1 heterocycles. The predicted octanol–water partition coefficient (Wildman–Crippen LogP) is 1.45. The molecule has 92 valence electrons. The van der Waals surface area contributed by atoms with E-state index in [9.17, 15) is 0 Å². The Morgan fingerprint density at radius 3 is 2.81 bits per heavy atom.